The van der Waals surface area contributed by atoms with Gasteiger partial charge in [-0.25, -0.2) is 4.79 Å². The lowest BCUT2D eigenvalue weighted by atomic mass is 9.88. The van der Waals surface area contributed by atoms with Crippen LogP contribution in [0.5, 0.6) is 0 Å². The number of carbonyl (C=O) groups excluding carboxylic acids is 3. The third-order valence-electron chi connectivity index (χ3n) is 5.17. The Balaban J connectivity index is 1.35. The number of amides is 4. The lowest BCUT2D eigenvalue weighted by molar-refractivity contribution is -0.138. The third-order valence-corrected chi connectivity index (χ3v) is 5.17. The second kappa shape index (κ2) is 7.96. The summed E-state index contributed by atoms with van der Waals surface area (Å²) < 4.78 is 0. The van der Waals surface area contributed by atoms with Crippen molar-refractivity contribution in [3.05, 3.63) is 0 Å². The minimum absolute atomic E-state index is 0.208. The summed E-state index contributed by atoms with van der Waals surface area (Å²) in [5.74, 6) is 0.225. The highest BCUT2D eigenvalue weighted by Gasteiger charge is 2.29. The minimum Gasteiger partial charge on any atom is -0.340 e. The summed E-state index contributed by atoms with van der Waals surface area (Å²) in [5, 5.41) is 5.11. The Morgan fingerprint density at radius 2 is 1.54 bits per heavy atom. The number of urea groups is 1. The van der Waals surface area contributed by atoms with Crippen molar-refractivity contribution < 1.29 is 14.4 Å². The molecule has 2 N–H and O–H groups in total. The molecular formula is C17H28N4O3. The van der Waals surface area contributed by atoms with E-state index in [9.17, 15) is 14.4 Å². The molecule has 0 atom stereocenters. The van der Waals surface area contributed by atoms with E-state index in [1.54, 1.807) is 0 Å². The lowest BCUT2D eigenvalue weighted by Crippen LogP contribution is -2.53. The van der Waals surface area contributed by atoms with Crippen LogP contribution in [0, 0.1) is 5.92 Å². The molecule has 0 bridgehead atoms. The van der Waals surface area contributed by atoms with Crippen LogP contribution in [0.1, 0.15) is 44.9 Å². The van der Waals surface area contributed by atoms with E-state index in [2.05, 4.69) is 10.6 Å². The zero-order chi connectivity index (χ0) is 16.9. The maximum Gasteiger partial charge on any atom is 0.321 e. The van der Waals surface area contributed by atoms with Crippen molar-refractivity contribution in [2.75, 3.05) is 32.7 Å². The average molecular weight is 336 g/mol. The molecule has 4 amide bonds. The normalized spacial score (nSPS) is 22.9. The van der Waals surface area contributed by atoms with Gasteiger partial charge >= 0.3 is 6.03 Å². The van der Waals surface area contributed by atoms with E-state index < -0.39 is 6.03 Å². The van der Waals surface area contributed by atoms with Crippen LogP contribution in [-0.2, 0) is 9.59 Å². The Labute approximate surface area is 143 Å². The molecule has 7 nitrogen and oxygen atoms in total. The van der Waals surface area contributed by atoms with Crippen molar-refractivity contribution in [3.63, 3.8) is 0 Å². The highest BCUT2D eigenvalue weighted by molar-refractivity contribution is 5.95. The van der Waals surface area contributed by atoms with Crippen LogP contribution in [0.15, 0.2) is 0 Å². The molecule has 0 aromatic heterocycles. The van der Waals surface area contributed by atoms with Crippen LogP contribution in [0.2, 0.25) is 0 Å². The van der Waals surface area contributed by atoms with Gasteiger partial charge in [0.2, 0.25) is 11.8 Å². The molecule has 3 fully saturated rings. The highest BCUT2D eigenvalue weighted by Crippen LogP contribution is 2.25. The predicted octanol–water partition coefficient (Wildman–Crippen LogP) is 0.699. The fraction of sp³-hybridized carbons (Fsp3) is 0.824. The van der Waals surface area contributed by atoms with Gasteiger partial charge in [0, 0.05) is 38.1 Å². The topological polar surface area (TPSA) is 81.8 Å². The summed E-state index contributed by atoms with van der Waals surface area (Å²) in [4.78, 5) is 39.9. The van der Waals surface area contributed by atoms with Gasteiger partial charge in [-0.15, -0.1) is 0 Å². The van der Waals surface area contributed by atoms with Gasteiger partial charge in [-0.2, -0.15) is 0 Å². The zero-order valence-corrected chi connectivity index (χ0v) is 14.3. The van der Waals surface area contributed by atoms with Crippen LogP contribution in [-0.4, -0.2) is 66.4 Å². The molecular weight excluding hydrogens is 308 g/mol. The van der Waals surface area contributed by atoms with Gasteiger partial charge in [-0.05, 0) is 25.7 Å². The molecule has 0 radical (unpaired) electrons. The van der Waals surface area contributed by atoms with Crippen LogP contribution in [0.3, 0.4) is 0 Å². The molecule has 0 aromatic carbocycles. The van der Waals surface area contributed by atoms with E-state index in [1.165, 1.54) is 19.3 Å². The Bertz CT molecular complexity index is 478. The van der Waals surface area contributed by atoms with Crippen LogP contribution in [0.25, 0.3) is 0 Å². The molecule has 24 heavy (non-hydrogen) atoms. The number of nitrogens with zero attached hydrogens (tertiary/aromatic N) is 2. The van der Waals surface area contributed by atoms with Crippen LogP contribution < -0.4 is 10.6 Å². The van der Waals surface area contributed by atoms with Crippen molar-refractivity contribution in [2.45, 2.75) is 51.0 Å². The fourth-order valence-corrected chi connectivity index (χ4v) is 3.55. The second-order valence-electron chi connectivity index (χ2n) is 7.23. The maximum atomic E-state index is 12.5. The molecule has 2 saturated carbocycles. The number of hydrogen-bond acceptors (Lipinski definition) is 4. The first kappa shape index (κ1) is 17.2. The highest BCUT2D eigenvalue weighted by atomic mass is 16.2. The number of hydrogen-bond donors (Lipinski definition) is 2. The summed E-state index contributed by atoms with van der Waals surface area (Å²) in [7, 11) is 0. The number of carbonyl (C=O) groups is 3. The summed E-state index contributed by atoms with van der Waals surface area (Å²) in [6.45, 7) is 2.95. The number of rotatable bonds is 4. The maximum absolute atomic E-state index is 12.5. The van der Waals surface area contributed by atoms with Crippen LogP contribution >= 0.6 is 0 Å². The summed E-state index contributed by atoms with van der Waals surface area (Å²) in [5.41, 5.74) is 0. The predicted molar refractivity (Wildman–Crippen MR) is 89.3 cm³/mol. The Morgan fingerprint density at radius 3 is 2.17 bits per heavy atom. The van der Waals surface area contributed by atoms with E-state index >= 15 is 0 Å². The Hall–Kier alpha value is -1.63. The van der Waals surface area contributed by atoms with Crippen LogP contribution in [0.4, 0.5) is 4.79 Å². The first-order valence-electron chi connectivity index (χ1n) is 9.23. The monoisotopic (exact) mass is 336 g/mol. The minimum atomic E-state index is -0.395. The van der Waals surface area contributed by atoms with Gasteiger partial charge in [-0.1, -0.05) is 19.3 Å². The van der Waals surface area contributed by atoms with Crippen molar-refractivity contribution >= 4 is 17.8 Å². The molecule has 1 heterocycles. The van der Waals surface area contributed by atoms with E-state index in [0.29, 0.717) is 32.1 Å². The Kier molecular flexibility index (Phi) is 5.71. The van der Waals surface area contributed by atoms with Gasteiger partial charge in [0.25, 0.3) is 0 Å². The van der Waals surface area contributed by atoms with E-state index in [-0.39, 0.29) is 24.4 Å². The molecule has 7 heteroatoms. The van der Waals surface area contributed by atoms with Gasteiger partial charge in [0.1, 0.15) is 0 Å². The van der Waals surface area contributed by atoms with Crippen molar-refractivity contribution in [1.29, 1.82) is 0 Å². The summed E-state index contributed by atoms with van der Waals surface area (Å²) in [6.07, 6.45) is 7.63. The molecule has 1 aliphatic heterocycles. The summed E-state index contributed by atoms with van der Waals surface area (Å²) >= 11 is 0. The van der Waals surface area contributed by atoms with Gasteiger partial charge < -0.3 is 10.2 Å². The molecule has 134 valence electrons. The van der Waals surface area contributed by atoms with Crippen molar-refractivity contribution in [2.24, 2.45) is 5.92 Å². The van der Waals surface area contributed by atoms with Crippen molar-refractivity contribution in [3.8, 4) is 0 Å². The summed E-state index contributed by atoms with van der Waals surface area (Å²) in [6, 6.07) is -0.152. The molecule has 0 spiro atoms. The number of nitrogens with one attached hydrogen (secondary N) is 2. The average Bonchev–Trinajstić information content (AvgIpc) is 3.39. The van der Waals surface area contributed by atoms with E-state index in [4.69, 9.17) is 0 Å². The molecule has 2 aliphatic carbocycles. The van der Waals surface area contributed by atoms with Gasteiger partial charge in [0.15, 0.2) is 0 Å². The quantitative estimate of drug-likeness (QED) is 0.792. The largest absolute Gasteiger partial charge is 0.340 e. The smallest absolute Gasteiger partial charge is 0.321 e. The van der Waals surface area contributed by atoms with E-state index in [0.717, 1.165) is 25.7 Å². The second-order valence-corrected chi connectivity index (χ2v) is 7.23. The van der Waals surface area contributed by atoms with Crippen molar-refractivity contribution in [1.82, 2.24) is 20.4 Å². The lowest BCUT2D eigenvalue weighted by Gasteiger charge is -2.36. The standard InChI is InChI=1S/C17H28N4O3/c22-15(19-17(24)18-14-6-7-14)12-20-8-10-21(11-9-20)16(23)13-4-2-1-3-5-13/h13-14H,1-12H2,(H2,18,19,22,24). The van der Waals surface area contributed by atoms with E-state index in [1.807, 2.05) is 9.80 Å². The molecule has 1 saturated heterocycles. The fourth-order valence-electron chi connectivity index (χ4n) is 3.55. The van der Waals surface area contributed by atoms with Gasteiger partial charge in [0.05, 0.1) is 6.54 Å². The third kappa shape index (κ3) is 4.93. The molecule has 3 rings (SSSR count). The first-order chi connectivity index (χ1) is 11.6. The number of imide groups is 1. The molecule has 0 unspecified atom stereocenters. The van der Waals surface area contributed by atoms with Gasteiger partial charge in [-0.3, -0.25) is 19.8 Å². The number of piperazine rings is 1. The first-order valence-corrected chi connectivity index (χ1v) is 9.23. The molecule has 3 aliphatic rings. The SMILES string of the molecule is O=C(CN1CCN(C(=O)C2CCCCC2)CC1)NC(=O)NC1CC1. The zero-order valence-electron chi connectivity index (χ0n) is 14.3. The Morgan fingerprint density at radius 1 is 0.875 bits per heavy atom. The molecule has 0 aromatic rings.